The minimum Gasteiger partial charge on any atom is -0.496 e. The molecule has 0 aromatic heterocycles. The van der Waals surface area contributed by atoms with E-state index in [-0.39, 0.29) is 5.78 Å². The zero-order chi connectivity index (χ0) is 14.8. The monoisotopic (exact) mass is 278 g/mol. The number of methoxy groups -OCH3 is 2. The Balaban J connectivity index is 2.38. The second-order valence-corrected chi connectivity index (χ2v) is 5.58. The van der Waals surface area contributed by atoms with Gasteiger partial charge in [0.2, 0.25) is 5.78 Å². The fourth-order valence-corrected chi connectivity index (χ4v) is 2.77. The van der Waals surface area contributed by atoms with Crippen molar-refractivity contribution in [3.05, 3.63) is 23.8 Å². The molecule has 0 bridgehead atoms. The normalized spacial score (nSPS) is 26.1. The SMILES string of the molecule is COc1cccc(OC)c1C(=O)C1(O)CCC(C)CC1. The van der Waals surface area contributed by atoms with Crippen LogP contribution >= 0.6 is 0 Å². The maximum Gasteiger partial charge on any atom is 0.201 e. The Hall–Kier alpha value is -1.55. The summed E-state index contributed by atoms with van der Waals surface area (Å²) in [6.45, 7) is 2.15. The van der Waals surface area contributed by atoms with Gasteiger partial charge in [0, 0.05) is 0 Å². The maximum absolute atomic E-state index is 12.8. The van der Waals surface area contributed by atoms with E-state index in [9.17, 15) is 9.90 Å². The van der Waals surface area contributed by atoms with Gasteiger partial charge in [-0.3, -0.25) is 4.79 Å². The summed E-state index contributed by atoms with van der Waals surface area (Å²) in [6, 6.07) is 5.19. The highest BCUT2D eigenvalue weighted by Gasteiger charge is 2.41. The third-order valence-electron chi connectivity index (χ3n) is 4.18. The molecular weight excluding hydrogens is 256 g/mol. The van der Waals surface area contributed by atoms with Gasteiger partial charge >= 0.3 is 0 Å². The van der Waals surface area contributed by atoms with E-state index >= 15 is 0 Å². The molecule has 0 saturated heterocycles. The highest BCUT2D eigenvalue weighted by atomic mass is 16.5. The number of aliphatic hydroxyl groups is 1. The molecule has 0 spiro atoms. The van der Waals surface area contributed by atoms with Gasteiger partial charge in [-0.15, -0.1) is 0 Å². The van der Waals surface area contributed by atoms with Crippen LogP contribution < -0.4 is 9.47 Å². The van der Waals surface area contributed by atoms with Crippen LogP contribution in [0.4, 0.5) is 0 Å². The summed E-state index contributed by atoms with van der Waals surface area (Å²) in [4.78, 5) is 12.8. The zero-order valence-electron chi connectivity index (χ0n) is 12.3. The number of carbonyl (C=O) groups is 1. The molecule has 0 amide bonds. The van der Waals surface area contributed by atoms with Crippen LogP contribution in [-0.2, 0) is 0 Å². The van der Waals surface area contributed by atoms with Crippen molar-refractivity contribution in [3.63, 3.8) is 0 Å². The number of carbonyl (C=O) groups excluding carboxylic acids is 1. The first-order valence-electron chi connectivity index (χ1n) is 7.00. The highest BCUT2D eigenvalue weighted by Crippen LogP contribution is 2.38. The first-order chi connectivity index (χ1) is 9.51. The average molecular weight is 278 g/mol. The van der Waals surface area contributed by atoms with Crippen LogP contribution in [0.15, 0.2) is 18.2 Å². The fourth-order valence-electron chi connectivity index (χ4n) is 2.77. The fraction of sp³-hybridized carbons (Fsp3) is 0.562. The van der Waals surface area contributed by atoms with Crippen LogP contribution in [-0.4, -0.2) is 30.7 Å². The second kappa shape index (κ2) is 5.83. The van der Waals surface area contributed by atoms with E-state index in [1.54, 1.807) is 18.2 Å². The molecule has 0 aliphatic heterocycles. The second-order valence-electron chi connectivity index (χ2n) is 5.58. The number of hydrogen-bond donors (Lipinski definition) is 1. The molecule has 0 atom stereocenters. The molecule has 0 radical (unpaired) electrons. The number of ether oxygens (including phenoxy) is 2. The number of benzene rings is 1. The Morgan fingerprint density at radius 2 is 1.70 bits per heavy atom. The zero-order valence-corrected chi connectivity index (χ0v) is 12.3. The summed E-state index contributed by atoms with van der Waals surface area (Å²) < 4.78 is 10.5. The lowest BCUT2D eigenvalue weighted by Gasteiger charge is -2.34. The Kier molecular flexibility index (Phi) is 4.33. The van der Waals surface area contributed by atoms with Gasteiger partial charge in [0.25, 0.3) is 0 Å². The molecule has 110 valence electrons. The molecule has 4 heteroatoms. The van der Waals surface area contributed by atoms with Crippen LogP contribution in [0, 0.1) is 5.92 Å². The van der Waals surface area contributed by atoms with Crippen molar-refractivity contribution >= 4 is 5.78 Å². The standard InChI is InChI=1S/C16H22O4/c1-11-7-9-16(18,10-8-11)15(17)14-12(19-2)5-4-6-13(14)20-3/h4-6,11,18H,7-10H2,1-3H3. The molecule has 0 unspecified atom stereocenters. The van der Waals surface area contributed by atoms with Crippen molar-refractivity contribution in [1.82, 2.24) is 0 Å². The lowest BCUT2D eigenvalue weighted by atomic mass is 9.75. The smallest absolute Gasteiger partial charge is 0.201 e. The molecule has 4 nitrogen and oxygen atoms in total. The molecule has 1 aliphatic carbocycles. The summed E-state index contributed by atoms with van der Waals surface area (Å²) in [6.07, 6.45) is 2.71. The minimum atomic E-state index is -1.30. The summed E-state index contributed by atoms with van der Waals surface area (Å²) >= 11 is 0. The van der Waals surface area contributed by atoms with Crippen molar-refractivity contribution in [2.24, 2.45) is 5.92 Å². The van der Waals surface area contributed by atoms with Gasteiger partial charge in [-0.05, 0) is 43.7 Å². The number of rotatable bonds is 4. The summed E-state index contributed by atoms with van der Waals surface area (Å²) in [5, 5.41) is 10.7. The van der Waals surface area contributed by atoms with E-state index in [0.717, 1.165) is 12.8 Å². The number of hydrogen-bond acceptors (Lipinski definition) is 4. The molecule has 0 heterocycles. The average Bonchev–Trinajstić information content (AvgIpc) is 2.48. The van der Waals surface area contributed by atoms with Crippen LogP contribution in [0.25, 0.3) is 0 Å². The van der Waals surface area contributed by atoms with Gasteiger partial charge in [0.1, 0.15) is 22.7 Å². The first kappa shape index (κ1) is 14.9. The Bertz CT molecular complexity index is 465. The first-order valence-corrected chi connectivity index (χ1v) is 7.00. The van der Waals surface area contributed by atoms with Crippen LogP contribution in [0.1, 0.15) is 43.0 Å². The lowest BCUT2D eigenvalue weighted by Crippen LogP contribution is -2.42. The molecule has 2 rings (SSSR count). The largest absolute Gasteiger partial charge is 0.496 e. The van der Waals surface area contributed by atoms with Crippen molar-refractivity contribution in [2.45, 2.75) is 38.2 Å². The minimum absolute atomic E-state index is 0.293. The highest BCUT2D eigenvalue weighted by molar-refractivity contribution is 6.06. The Morgan fingerprint density at radius 1 is 1.20 bits per heavy atom. The number of ketones is 1. The van der Waals surface area contributed by atoms with E-state index < -0.39 is 5.60 Å². The van der Waals surface area contributed by atoms with Gasteiger partial charge in [0.05, 0.1) is 14.2 Å². The summed E-state index contributed by atoms with van der Waals surface area (Å²) in [5.41, 5.74) is -0.955. The third kappa shape index (κ3) is 2.66. The predicted molar refractivity (Wildman–Crippen MR) is 76.5 cm³/mol. The maximum atomic E-state index is 12.8. The van der Waals surface area contributed by atoms with Crippen molar-refractivity contribution < 1.29 is 19.4 Å². The van der Waals surface area contributed by atoms with Gasteiger partial charge in [-0.25, -0.2) is 0 Å². The summed E-state index contributed by atoms with van der Waals surface area (Å²) in [7, 11) is 3.02. The lowest BCUT2D eigenvalue weighted by molar-refractivity contribution is 0.00382. The molecule has 1 fully saturated rings. The quantitative estimate of drug-likeness (QED) is 0.860. The Morgan fingerprint density at radius 3 is 2.15 bits per heavy atom. The van der Waals surface area contributed by atoms with E-state index in [1.807, 2.05) is 0 Å². The van der Waals surface area contributed by atoms with Crippen LogP contribution in [0.3, 0.4) is 0 Å². The molecule has 1 aromatic rings. The molecular formula is C16H22O4. The van der Waals surface area contributed by atoms with Gasteiger partial charge in [-0.2, -0.15) is 0 Å². The molecule has 1 N–H and O–H groups in total. The van der Waals surface area contributed by atoms with Crippen molar-refractivity contribution in [1.29, 1.82) is 0 Å². The topological polar surface area (TPSA) is 55.8 Å². The van der Waals surface area contributed by atoms with Crippen LogP contribution in [0.2, 0.25) is 0 Å². The van der Waals surface area contributed by atoms with E-state index in [1.165, 1.54) is 14.2 Å². The van der Waals surface area contributed by atoms with E-state index in [2.05, 4.69) is 6.92 Å². The summed E-state index contributed by atoms with van der Waals surface area (Å²) in [5.74, 6) is 1.16. The molecule has 1 aromatic carbocycles. The van der Waals surface area contributed by atoms with Crippen molar-refractivity contribution in [2.75, 3.05) is 14.2 Å². The Labute approximate surface area is 119 Å². The molecule has 20 heavy (non-hydrogen) atoms. The van der Waals surface area contributed by atoms with E-state index in [4.69, 9.17) is 9.47 Å². The third-order valence-corrected chi connectivity index (χ3v) is 4.18. The predicted octanol–water partition coefficient (Wildman–Crippen LogP) is 2.83. The van der Waals surface area contributed by atoms with Gasteiger partial charge in [-0.1, -0.05) is 13.0 Å². The van der Waals surface area contributed by atoms with Crippen LogP contribution in [0.5, 0.6) is 11.5 Å². The van der Waals surface area contributed by atoms with Crippen molar-refractivity contribution in [3.8, 4) is 11.5 Å². The molecule has 1 saturated carbocycles. The van der Waals surface area contributed by atoms with Gasteiger partial charge in [0.15, 0.2) is 0 Å². The van der Waals surface area contributed by atoms with E-state index in [0.29, 0.717) is 35.8 Å². The number of Topliss-reactive ketones (excluding diaryl/α,β-unsaturated/α-hetero) is 1. The van der Waals surface area contributed by atoms with Gasteiger partial charge < -0.3 is 14.6 Å². The molecule has 1 aliphatic rings.